The number of rotatable bonds is 7. The molecule has 7 rings (SSSR count). The maximum Gasteiger partial charge on any atom is 0.305 e. The summed E-state index contributed by atoms with van der Waals surface area (Å²) in [6.07, 6.45) is 0. The number of imide groups is 1. The number of thiazole rings is 1. The van der Waals surface area contributed by atoms with Gasteiger partial charge >= 0.3 is 4.87 Å². The number of H-pyrrole nitrogens is 1. The summed E-state index contributed by atoms with van der Waals surface area (Å²) in [5.41, 5.74) is 2.91. The molecule has 11 heteroatoms. The van der Waals surface area contributed by atoms with Crippen molar-refractivity contribution >= 4 is 63.0 Å². The highest BCUT2D eigenvalue weighted by Crippen LogP contribution is 2.53. The van der Waals surface area contributed by atoms with Crippen molar-refractivity contribution in [3.63, 3.8) is 0 Å². The van der Waals surface area contributed by atoms with Crippen molar-refractivity contribution in [2.24, 2.45) is 5.92 Å². The number of fused-ring (bicyclic) bond motifs is 3. The number of carbonyl (C=O) groups excluding carboxylic acids is 3. The number of methoxy groups -OCH3 is 1. The van der Waals surface area contributed by atoms with Gasteiger partial charge in [-0.15, -0.1) is 0 Å². The van der Waals surface area contributed by atoms with Crippen molar-refractivity contribution in [3.8, 4) is 11.5 Å². The average Bonchev–Trinajstić information content (AvgIpc) is 3.54. The number of aromatic amines is 1. The standard InChI is InChI=1S/C34H27N3O6S2/c1-18-10-13-21(14-11-18)37-32(39)28-27(29-31(36-34(41)45-29)44-30(28)33(37)40)20-12-15-24(25(16-20)42-2)43-17-26(38)35-23-9-5-7-19-6-3-4-8-22(19)23/h3-16,27-28,30H,17H2,1-2H3,(H,35,38)(H,36,41)/t27-,28?,30?/m1/s1. The predicted octanol–water partition coefficient (Wildman–Crippen LogP) is 5.72. The fraction of sp³-hybridized carbons (Fsp3) is 0.176. The number of benzene rings is 4. The van der Waals surface area contributed by atoms with Crippen LogP contribution in [0.3, 0.4) is 0 Å². The van der Waals surface area contributed by atoms with Gasteiger partial charge < -0.3 is 19.8 Å². The van der Waals surface area contributed by atoms with Crippen LogP contribution in [-0.4, -0.2) is 41.7 Å². The average molecular weight is 638 g/mol. The number of aryl methyl sites for hydroxylation is 1. The van der Waals surface area contributed by atoms with Crippen LogP contribution in [0.4, 0.5) is 11.4 Å². The van der Waals surface area contributed by atoms with E-state index in [1.807, 2.05) is 61.5 Å². The molecule has 3 amide bonds. The Balaban J connectivity index is 1.16. The fourth-order valence-corrected chi connectivity index (χ4v) is 8.50. The summed E-state index contributed by atoms with van der Waals surface area (Å²) in [5.74, 6) is -1.57. The van der Waals surface area contributed by atoms with E-state index in [0.717, 1.165) is 27.7 Å². The van der Waals surface area contributed by atoms with Crippen molar-refractivity contribution in [1.29, 1.82) is 0 Å². The van der Waals surface area contributed by atoms with Gasteiger partial charge in [-0.25, -0.2) is 4.90 Å². The number of hydrogen-bond donors (Lipinski definition) is 2. The minimum atomic E-state index is -0.731. The number of thioether (sulfide) groups is 1. The maximum atomic E-state index is 14.0. The van der Waals surface area contributed by atoms with Gasteiger partial charge in [-0.1, -0.05) is 83.3 Å². The summed E-state index contributed by atoms with van der Waals surface area (Å²) in [6.45, 7) is 1.68. The van der Waals surface area contributed by atoms with Gasteiger partial charge in [-0.2, -0.15) is 0 Å². The maximum absolute atomic E-state index is 14.0. The molecule has 1 saturated heterocycles. The first kappa shape index (κ1) is 28.9. The lowest BCUT2D eigenvalue weighted by Crippen LogP contribution is -2.32. The predicted molar refractivity (Wildman–Crippen MR) is 175 cm³/mol. The second-order valence-corrected chi connectivity index (χ2v) is 13.0. The quantitative estimate of drug-likeness (QED) is 0.219. The molecular weight excluding hydrogens is 611 g/mol. The normalized spacial score (nSPS) is 18.9. The number of amides is 3. The van der Waals surface area contributed by atoms with Crippen LogP contribution in [0.2, 0.25) is 0 Å². The summed E-state index contributed by atoms with van der Waals surface area (Å²) in [4.78, 5) is 57.5. The minimum absolute atomic E-state index is 0.253. The smallest absolute Gasteiger partial charge is 0.305 e. The van der Waals surface area contributed by atoms with Crippen LogP contribution in [0.25, 0.3) is 10.8 Å². The molecule has 226 valence electrons. The summed E-state index contributed by atoms with van der Waals surface area (Å²) in [6, 6.07) is 26.0. The Bertz CT molecular complexity index is 2030. The number of hydrogen-bond acceptors (Lipinski definition) is 8. The second kappa shape index (κ2) is 11.6. The first-order chi connectivity index (χ1) is 21.8. The SMILES string of the molecule is COc1cc([C@H]2c3sc(=O)[nH]c3SC3C(=O)N(c4ccc(C)cc4)C(=O)C32)ccc1OCC(=O)Nc1cccc2ccccc12. The van der Waals surface area contributed by atoms with E-state index < -0.39 is 17.1 Å². The van der Waals surface area contributed by atoms with Gasteiger partial charge in [-0.3, -0.25) is 19.2 Å². The van der Waals surface area contributed by atoms with Gasteiger partial charge in [0.25, 0.3) is 5.91 Å². The molecule has 1 fully saturated rings. The molecule has 3 heterocycles. The Morgan fingerprint density at radius 1 is 0.933 bits per heavy atom. The zero-order valence-electron chi connectivity index (χ0n) is 24.2. The number of anilines is 2. The first-order valence-electron chi connectivity index (χ1n) is 14.2. The summed E-state index contributed by atoms with van der Waals surface area (Å²) < 4.78 is 11.5. The van der Waals surface area contributed by atoms with Crippen LogP contribution in [0.15, 0.2) is 94.7 Å². The van der Waals surface area contributed by atoms with Gasteiger partial charge in [0.2, 0.25) is 11.8 Å². The molecule has 2 aliphatic rings. The van der Waals surface area contributed by atoms with Gasteiger partial charge in [0.05, 0.1) is 23.7 Å². The summed E-state index contributed by atoms with van der Waals surface area (Å²) in [5, 5.41) is 4.73. The van der Waals surface area contributed by atoms with E-state index >= 15 is 0 Å². The Morgan fingerprint density at radius 2 is 1.71 bits per heavy atom. The highest BCUT2D eigenvalue weighted by molar-refractivity contribution is 8.00. The van der Waals surface area contributed by atoms with E-state index in [0.29, 0.717) is 38.3 Å². The number of nitrogens with zero attached hydrogens (tertiary/aromatic N) is 1. The first-order valence-corrected chi connectivity index (χ1v) is 15.9. The molecule has 0 aliphatic carbocycles. The zero-order chi connectivity index (χ0) is 31.2. The molecule has 2 unspecified atom stereocenters. The van der Waals surface area contributed by atoms with Crippen LogP contribution in [0, 0.1) is 12.8 Å². The van der Waals surface area contributed by atoms with Gasteiger partial charge in [0.15, 0.2) is 18.1 Å². The lowest BCUT2D eigenvalue weighted by Gasteiger charge is -2.30. The van der Waals surface area contributed by atoms with E-state index in [9.17, 15) is 19.2 Å². The molecule has 1 aromatic heterocycles. The van der Waals surface area contributed by atoms with Crippen molar-refractivity contribution in [2.45, 2.75) is 23.1 Å². The van der Waals surface area contributed by atoms with E-state index in [1.54, 1.807) is 30.3 Å². The van der Waals surface area contributed by atoms with Crippen molar-refractivity contribution in [3.05, 3.63) is 111 Å². The van der Waals surface area contributed by atoms with Gasteiger partial charge in [0, 0.05) is 21.9 Å². The van der Waals surface area contributed by atoms with Gasteiger partial charge in [0.1, 0.15) is 5.25 Å². The molecule has 45 heavy (non-hydrogen) atoms. The number of ether oxygens (including phenoxy) is 2. The Morgan fingerprint density at radius 3 is 2.51 bits per heavy atom. The third-order valence-electron chi connectivity index (χ3n) is 8.09. The summed E-state index contributed by atoms with van der Waals surface area (Å²) in [7, 11) is 1.49. The molecular formula is C34H27N3O6S2. The fourth-order valence-electron chi connectivity index (χ4n) is 5.99. The highest BCUT2D eigenvalue weighted by atomic mass is 32.2. The van der Waals surface area contributed by atoms with E-state index in [1.165, 1.54) is 23.8 Å². The molecule has 0 radical (unpaired) electrons. The highest BCUT2D eigenvalue weighted by Gasteiger charge is 2.56. The third-order valence-corrected chi connectivity index (χ3v) is 10.5. The number of carbonyl (C=O) groups is 3. The monoisotopic (exact) mass is 637 g/mol. The lowest BCUT2D eigenvalue weighted by atomic mass is 9.83. The van der Waals surface area contributed by atoms with Gasteiger partial charge in [-0.05, 0) is 48.2 Å². The largest absolute Gasteiger partial charge is 0.493 e. The second-order valence-electron chi connectivity index (χ2n) is 10.9. The Labute approximate surface area is 266 Å². The molecule has 4 aromatic carbocycles. The van der Waals surface area contributed by atoms with Crippen molar-refractivity contribution in [1.82, 2.24) is 4.98 Å². The van der Waals surface area contributed by atoms with Crippen LogP contribution >= 0.6 is 23.1 Å². The molecule has 5 aromatic rings. The van der Waals surface area contributed by atoms with Crippen LogP contribution in [0.5, 0.6) is 11.5 Å². The van der Waals surface area contributed by atoms with Crippen LogP contribution in [-0.2, 0) is 14.4 Å². The van der Waals surface area contributed by atoms with Crippen molar-refractivity contribution < 1.29 is 23.9 Å². The Kier molecular flexibility index (Phi) is 7.42. The van der Waals surface area contributed by atoms with Crippen LogP contribution < -0.4 is 24.6 Å². The topological polar surface area (TPSA) is 118 Å². The molecule has 0 spiro atoms. The van der Waals surface area contributed by atoms with E-state index in [4.69, 9.17) is 9.47 Å². The molecule has 0 bridgehead atoms. The van der Waals surface area contributed by atoms with E-state index in [-0.39, 0.29) is 29.2 Å². The molecule has 2 aliphatic heterocycles. The third kappa shape index (κ3) is 5.17. The number of aromatic nitrogens is 1. The molecule has 0 saturated carbocycles. The van der Waals surface area contributed by atoms with E-state index in [2.05, 4.69) is 10.3 Å². The lowest BCUT2D eigenvalue weighted by molar-refractivity contribution is -0.122. The Hall–Kier alpha value is -4.87. The zero-order valence-corrected chi connectivity index (χ0v) is 25.9. The minimum Gasteiger partial charge on any atom is -0.493 e. The summed E-state index contributed by atoms with van der Waals surface area (Å²) >= 11 is 2.27. The van der Waals surface area contributed by atoms with Crippen LogP contribution in [0.1, 0.15) is 21.9 Å². The number of nitrogens with one attached hydrogen (secondary N) is 2. The molecule has 3 atom stereocenters. The molecule has 2 N–H and O–H groups in total. The molecule has 9 nitrogen and oxygen atoms in total. The van der Waals surface area contributed by atoms with Crippen molar-refractivity contribution in [2.75, 3.05) is 23.9 Å².